The number of aliphatic imine (C=N–C) groups is 2. The van der Waals surface area contributed by atoms with Gasteiger partial charge < -0.3 is 110 Å². The molecule has 137 heavy (non-hydrogen) atoms. The Morgan fingerprint density at radius 2 is 0.613 bits per heavy atom. The fourth-order valence-electron chi connectivity index (χ4n) is 16.2. The molecule has 0 saturated carbocycles. The predicted molar refractivity (Wildman–Crippen MR) is 469 cm³/mol. The summed E-state index contributed by atoms with van der Waals surface area (Å²) in [6.45, 7) is -30.1. The molecule has 0 spiro atoms. The van der Waals surface area contributed by atoms with E-state index in [-0.39, 0.29) is 116 Å². The number of rotatable bonds is 6. The number of imidazole rings is 6. The molecular formula is C62H68F6N28O29P6S6. The molecule has 0 amide bonds. The van der Waals surface area contributed by atoms with Gasteiger partial charge in [0.2, 0.25) is 17.8 Å². The number of fused-ring (bicyclic) bond motifs is 12. The Balaban J connectivity index is 0.000000132. The molecule has 75 heteroatoms. The summed E-state index contributed by atoms with van der Waals surface area (Å²) in [5.41, 5.74) is 31.6. The van der Waals surface area contributed by atoms with E-state index in [1.807, 2.05) is 0 Å². The van der Waals surface area contributed by atoms with Crippen molar-refractivity contribution in [2.24, 2.45) is 21.5 Å². The third-order valence-corrected chi connectivity index (χ3v) is 31.6. The molecule has 30 atom stereocenters. The number of anilines is 4. The number of carbonyl (C=O) groups is 2. The number of H-pyrrole nitrogens is 3. The monoisotopic (exact) mass is 2160 g/mol. The van der Waals surface area contributed by atoms with Crippen LogP contribution in [0.2, 0.25) is 0 Å². The number of hydrogen-bond donors (Lipinski definition) is 15. The molecule has 738 valence electrons. The highest BCUT2D eigenvalue weighted by Gasteiger charge is 2.60. The lowest BCUT2D eigenvalue weighted by atomic mass is 10.1. The molecule has 6 unspecified atom stereocenters. The standard InChI is InChI=1S/2C21H23F2N9O10P2S2.C20H22F2N10O9P2S2/c2*22-10-14-7(39-19(10)31-4-26-12-6(33)1-9(24)28-16(12)31)2-37-44(36,46)42-15-8(3-38-43(35,45)41-14)40-20(11(15)23)32-5-27-13-17(32)29-21(25)30-18(13)34;21-8-12-6(38-18(8)31-4-27-10-14(23)25-3-26-15(10)31)1-36-43(35,45)41-13-7(2-37-42(34,44)40-12)39-19(9(13)22)32-5-28-11-16(32)29-20(24)30-17(11)33/h2*4-5,7-8,10-11,14-15,19-20H,1-3H2,(H2,24,28)(H,35,45)(H,36,46)(H3,25,29,30,34);3-9,12-13,18-19H,1-2H2,(H,34,44)(H,35,45)(H2,23,25,26)(H3,24,29,30,33)/t2*7-,8-,10-,11-,14-,15-,19-,20-,43?,44?;6-,7-,8-,9-,12-,13-,18-,19-,42?,43?/m111/s1. The number of ether oxygens (including phenoxy) is 6. The number of carbonyl (C=O) groups excluding carboxylic acids is 2. The third-order valence-electron chi connectivity index (χ3n) is 22.2. The molecule has 0 aliphatic carbocycles. The second-order valence-electron chi connectivity index (χ2n) is 31.0. The molecule has 57 nitrogen and oxygen atoms in total. The van der Waals surface area contributed by atoms with E-state index in [1.54, 1.807) is 0 Å². The van der Waals surface area contributed by atoms with Crippen LogP contribution in [0, 0.1) is 0 Å². The van der Waals surface area contributed by atoms with Gasteiger partial charge >= 0.3 is 40.4 Å². The van der Waals surface area contributed by atoms with Crippen molar-refractivity contribution in [2.75, 3.05) is 62.6 Å². The van der Waals surface area contributed by atoms with Crippen molar-refractivity contribution in [3.8, 4) is 0 Å². The molecule has 9 fully saturated rings. The third kappa shape index (κ3) is 19.1. The molecule has 0 aromatic carbocycles. The van der Waals surface area contributed by atoms with Gasteiger partial charge in [-0.3, -0.25) is 98.0 Å². The highest BCUT2D eigenvalue weighted by molar-refractivity contribution is 8.44. The zero-order chi connectivity index (χ0) is 97.2. The zero-order valence-electron chi connectivity index (χ0n) is 68.0. The number of aromatic nitrogens is 20. The predicted octanol–water partition coefficient (Wildman–Crippen LogP) is 0.458. The molecule has 10 aromatic heterocycles. The van der Waals surface area contributed by atoms with E-state index in [0.717, 1.165) is 60.8 Å². The van der Waals surface area contributed by atoms with Gasteiger partial charge in [0.1, 0.15) is 96.8 Å². The maximum atomic E-state index is 16.0. The number of nitrogen functional groups attached to an aromatic ring is 4. The number of aromatic amines is 3. The van der Waals surface area contributed by atoms with Crippen LogP contribution in [0.5, 0.6) is 0 Å². The minimum atomic E-state index is -4.46. The van der Waals surface area contributed by atoms with Crippen LogP contribution in [0.1, 0.15) is 71.2 Å². The summed E-state index contributed by atoms with van der Waals surface area (Å²) < 4.78 is 217. The number of nitrogens with one attached hydrogen (secondary N) is 3. The van der Waals surface area contributed by atoms with Crippen molar-refractivity contribution in [3.05, 3.63) is 86.7 Å². The van der Waals surface area contributed by atoms with Crippen molar-refractivity contribution < 1.29 is 148 Å². The average molecular weight is 2160 g/mol. The van der Waals surface area contributed by atoms with E-state index in [0.29, 0.717) is 0 Å². The Kier molecular flexibility index (Phi) is 26.5. The molecule has 0 bridgehead atoms. The molecule has 11 aliphatic rings. The van der Waals surface area contributed by atoms with E-state index in [1.165, 1.54) is 10.9 Å². The largest absolute Gasteiger partial charge is 0.387 e. The van der Waals surface area contributed by atoms with Gasteiger partial charge in [-0.25, -0.2) is 80.8 Å². The number of hydrogen-bond acceptors (Lipinski definition) is 48. The first-order valence-electron chi connectivity index (χ1n) is 39.4. The summed E-state index contributed by atoms with van der Waals surface area (Å²) in [6, 6.07) is 0. The van der Waals surface area contributed by atoms with Gasteiger partial charge in [-0.05, 0) is 59.0 Å². The SMILES string of the molecule is NC1=Nc2c(ncn2[C@@H]2O[C@@H]3COP(O)(=S)O[C@H]4[C@@H](F)[C@H](n5cnc6c(=O)[nH]c(N)nc65)O[C@@H]4COP(=O)(S)O[C@H]3[C@H]2F)C(=O)C1.NC1=Nc2c(ncn2[C@@H]2O[C@@H]3COP(O)(=S)O[C@H]4[C@@H](F)[C@H](n5cnc6c(=O)[nH]c(N)nc65)O[C@@H]4COP(O)(=S)O[C@H]3[C@H]2F)C(=O)C1.Nc1nc2c(ncn2[C@@H]2O[C@@H]3COP(O)(=S)O[C@H]4[C@@H](F)[C@H](n5cnc6c(N)ncnc65)O[C@@H]4COP(O)(=S)O[C@H]3[C@H]2F)c(=O)[nH]1. The van der Waals surface area contributed by atoms with Crippen LogP contribution in [0.25, 0.3) is 44.7 Å². The minimum absolute atomic E-state index is 0.0208. The van der Waals surface area contributed by atoms with Crippen molar-refractivity contribution >= 4 is 215 Å². The first-order chi connectivity index (χ1) is 64.7. The highest BCUT2D eigenvalue weighted by atomic mass is 32.7. The average Bonchev–Trinajstić information content (AvgIpc) is 1.61. The molecule has 20 N–H and O–H groups in total. The molecule has 9 saturated heterocycles. The number of amidine groups is 2. The Bertz CT molecular complexity index is 6830. The molecule has 21 rings (SSSR count). The molecule has 11 aliphatic heterocycles. The summed E-state index contributed by atoms with van der Waals surface area (Å²) in [7, 11) is 0. The van der Waals surface area contributed by atoms with Crippen molar-refractivity contribution in [3.63, 3.8) is 0 Å². The second-order valence-corrected chi connectivity index (χ2v) is 47.9. The number of Topliss-reactive ketones (excluding diaryl/α,β-unsaturated/α-hetero) is 2. The summed E-state index contributed by atoms with van der Waals surface area (Å²) in [4.78, 5) is 175. The fraction of sp³-hybridized carbons (Fsp3) is 0.516. The van der Waals surface area contributed by atoms with Crippen LogP contribution in [-0.2, 0) is 146 Å². The number of nitrogens with zero attached hydrogens (tertiary/aromatic N) is 19. The van der Waals surface area contributed by atoms with Crippen molar-refractivity contribution in [2.45, 2.75) is 160 Å². The van der Waals surface area contributed by atoms with Gasteiger partial charge in [0.25, 0.3) is 16.7 Å². The quantitative estimate of drug-likeness (QED) is 0.0611. The molecular weight excluding hydrogens is 2090 g/mol. The van der Waals surface area contributed by atoms with Crippen LogP contribution < -0.4 is 51.1 Å². The van der Waals surface area contributed by atoms with Crippen LogP contribution in [0.4, 0.5) is 61.6 Å². The van der Waals surface area contributed by atoms with Crippen LogP contribution in [0.3, 0.4) is 0 Å². The fourth-order valence-corrected chi connectivity index (χ4v) is 24.8. The maximum absolute atomic E-state index is 16.0. The van der Waals surface area contributed by atoms with E-state index >= 15 is 26.3 Å². The molecule has 0 radical (unpaired) electrons. The lowest BCUT2D eigenvalue weighted by Crippen LogP contribution is -2.37. The first-order valence-corrected chi connectivity index (χ1v) is 55.1. The number of ketones is 2. The van der Waals surface area contributed by atoms with E-state index in [9.17, 15) is 53.0 Å². The van der Waals surface area contributed by atoms with E-state index in [2.05, 4.69) is 92.0 Å². The Morgan fingerprint density at radius 1 is 0.358 bits per heavy atom. The minimum Gasteiger partial charge on any atom is -0.387 e. The zero-order valence-corrected chi connectivity index (χ0v) is 78.3. The number of nitrogens with two attached hydrogens (primary N) is 6. The lowest BCUT2D eigenvalue weighted by Gasteiger charge is -2.29. The van der Waals surface area contributed by atoms with Gasteiger partial charge in [0.15, 0.2) is 154 Å². The topological polar surface area (TPSA) is 769 Å². The normalized spacial score (nSPS) is 38.2. The summed E-state index contributed by atoms with van der Waals surface area (Å²) in [6.07, 6.45) is -32.5. The van der Waals surface area contributed by atoms with Gasteiger partial charge in [-0.1, -0.05) is 12.2 Å². The summed E-state index contributed by atoms with van der Waals surface area (Å²) in [5, 5.41) is 0. The van der Waals surface area contributed by atoms with Gasteiger partial charge in [0, 0.05) is 0 Å². The number of halogens is 6. The molecule has 10 aromatic rings. The van der Waals surface area contributed by atoms with Crippen LogP contribution in [0.15, 0.2) is 68.7 Å². The van der Waals surface area contributed by atoms with Crippen molar-refractivity contribution in [1.82, 2.24) is 97.2 Å². The smallest absolute Gasteiger partial charge is 0.386 e. The van der Waals surface area contributed by atoms with Crippen LogP contribution in [-0.4, -0.2) is 295 Å². The molecule has 21 heterocycles. The lowest BCUT2D eigenvalue weighted by molar-refractivity contribution is -0.0586. The van der Waals surface area contributed by atoms with Crippen LogP contribution >= 0.6 is 52.6 Å². The van der Waals surface area contributed by atoms with E-state index < -0.39 is 256 Å². The second kappa shape index (κ2) is 37.1. The Labute approximate surface area is 786 Å². The number of alkyl halides is 6. The summed E-state index contributed by atoms with van der Waals surface area (Å²) in [5.74, 6) is -1.80. The van der Waals surface area contributed by atoms with Gasteiger partial charge in [0.05, 0.1) is 90.4 Å². The van der Waals surface area contributed by atoms with E-state index in [4.69, 9.17) is 176 Å². The summed E-state index contributed by atoms with van der Waals surface area (Å²) >= 11 is 29.6. The number of thiol groups is 1. The highest BCUT2D eigenvalue weighted by Crippen LogP contribution is 2.62. The Hall–Kier alpha value is -8.01. The Morgan fingerprint density at radius 3 is 0.912 bits per heavy atom. The van der Waals surface area contributed by atoms with Gasteiger partial charge in [-0.15, -0.1) is 0 Å². The van der Waals surface area contributed by atoms with Gasteiger partial charge in [-0.2, -0.15) is 15.0 Å². The van der Waals surface area contributed by atoms with Crippen molar-refractivity contribution in [1.29, 1.82) is 0 Å². The first kappa shape index (κ1) is 97.8. The maximum Gasteiger partial charge on any atom is 0.386 e.